The molecule has 0 aromatic heterocycles. The van der Waals surface area contributed by atoms with E-state index in [0.717, 1.165) is 11.1 Å². The first kappa shape index (κ1) is 26.4. The molecule has 10 heteroatoms. The van der Waals surface area contributed by atoms with E-state index in [1.165, 1.54) is 0 Å². The van der Waals surface area contributed by atoms with E-state index in [-0.39, 0.29) is 48.3 Å². The lowest BCUT2D eigenvalue weighted by atomic mass is 9.84. The van der Waals surface area contributed by atoms with E-state index in [9.17, 15) is 17.6 Å². The number of halogens is 1. The Bertz CT molecular complexity index is 1140. The molecule has 2 unspecified atom stereocenters. The third kappa shape index (κ3) is 6.02. The van der Waals surface area contributed by atoms with Gasteiger partial charge in [0.05, 0.1) is 30.6 Å². The summed E-state index contributed by atoms with van der Waals surface area (Å²) in [7, 11) is -3.11. The number of rotatable bonds is 5. The molecule has 1 aromatic carbocycles. The van der Waals surface area contributed by atoms with Crippen LogP contribution in [0.1, 0.15) is 50.7 Å². The Morgan fingerprint density at radius 3 is 2.56 bits per heavy atom. The van der Waals surface area contributed by atoms with Gasteiger partial charge in [-0.25, -0.2) is 17.6 Å². The molecule has 0 aliphatic carbocycles. The maximum absolute atomic E-state index is 14.7. The number of nitrogens with zero attached hydrogens (tertiary/aromatic N) is 3. The number of piperidine rings is 1. The predicted octanol–water partition coefficient (Wildman–Crippen LogP) is 3.73. The van der Waals surface area contributed by atoms with Crippen LogP contribution in [0.3, 0.4) is 0 Å². The van der Waals surface area contributed by atoms with Gasteiger partial charge in [-0.1, -0.05) is 19.1 Å². The summed E-state index contributed by atoms with van der Waals surface area (Å²) >= 11 is 0. The van der Waals surface area contributed by atoms with Gasteiger partial charge in [0.2, 0.25) is 5.88 Å². The summed E-state index contributed by atoms with van der Waals surface area (Å²) in [5, 5.41) is 0. The van der Waals surface area contributed by atoms with Crippen LogP contribution < -0.4 is 0 Å². The van der Waals surface area contributed by atoms with Gasteiger partial charge < -0.3 is 19.3 Å². The number of ether oxygens (including phenoxy) is 2. The van der Waals surface area contributed by atoms with E-state index in [1.54, 1.807) is 15.9 Å². The molecule has 1 aromatic rings. The van der Waals surface area contributed by atoms with E-state index < -0.39 is 9.84 Å². The van der Waals surface area contributed by atoms with Gasteiger partial charge in [0, 0.05) is 38.5 Å². The van der Waals surface area contributed by atoms with Crippen LogP contribution in [-0.4, -0.2) is 81.0 Å². The molecule has 3 aliphatic rings. The number of aliphatic imine (C=N–C) groups is 1. The quantitative estimate of drug-likeness (QED) is 0.589. The molecule has 2 saturated heterocycles. The van der Waals surface area contributed by atoms with Crippen molar-refractivity contribution in [3.8, 4) is 0 Å². The number of amides is 2. The monoisotopic (exact) mass is 521 g/mol. The van der Waals surface area contributed by atoms with Crippen LogP contribution >= 0.6 is 0 Å². The highest BCUT2D eigenvalue weighted by Crippen LogP contribution is 2.34. The lowest BCUT2D eigenvalue weighted by Gasteiger charge is -2.41. The second-order valence-corrected chi connectivity index (χ2v) is 12.0. The number of hydrogen-bond acceptors (Lipinski definition) is 6. The average Bonchev–Trinajstić information content (AvgIpc) is 3.05. The summed E-state index contributed by atoms with van der Waals surface area (Å²) in [6.45, 7) is 7.94. The minimum absolute atomic E-state index is 0.0270. The Morgan fingerprint density at radius 2 is 1.89 bits per heavy atom. The lowest BCUT2D eigenvalue weighted by molar-refractivity contribution is 0.128. The number of sulfone groups is 1. The molecule has 2 atom stereocenters. The molecule has 0 spiro atoms. The minimum Gasteiger partial charge on any atom is -0.480 e. The van der Waals surface area contributed by atoms with Gasteiger partial charge in [-0.2, -0.15) is 4.99 Å². The molecular formula is C26H36FN3O5S. The summed E-state index contributed by atoms with van der Waals surface area (Å²) in [5.74, 6) is 0.487. The zero-order valence-corrected chi connectivity index (χ0v) is 22.2. The first-order valence-electron chi connectivity index (χ1n) is 12.8. The zero-order chi connectivity index (χ0) is 25.9. The minimum atomic E-state index is -3.11. The Hall–Kier alpha value is -2.62. The van der Waals surface area contributed by atoms with Crippen molar-refractivity contribution < 1.29 is 27.1 Å². The topological polar surface area (TPSA) is 88.5 Å². The van der Waals surface area contributed by atoms with Gasteiger partial charge in [0.1, 0.15) is 5.82 Å². The second kappa shape index (κ2) is 11.2. The maximum Gasteiger partial charge on any atom is 0.320 e. The number of urea groups is 1. The van der Waals surface area contributed by atoms with Gasteiger partial charge in [0.15, 0.2) is 15.7 Å². The molecule has 8 nitrogen and oxygen atoms in total. The molecule has 2 amide bonds. The van der Waals surface area contributed by atoms with Crippen molar-refractivity contribution in [3.05, 3.63) is 46.6 Å². The van der Waals surface area contributed by atoms with Crippen molar-refractivity contribution in [2.75, 3.05) is 50.9 Å². The highest BCUT2D eigenvalue weighted by atomic mass is 32.2. The molecule has 2 fully saturated rings. The van der Waals surface area contributed by atoms with E-state index >= 15 is 0 Å². The number of hydrogen-bond donors (Lipinski definition) is 0. The van der Waals surface area contributed by atoms with Crippen molar-refractivity contribution in [2.45, 2.75) is 46.0 Å². The molecule has 4 rings (SSSR count). The average molecular weight is 522 g/mol. The van der Waals surface area contributed by atoms with Crippen LogP contribution in [0.4, 0.5) is 9.18 Å². The van der Waals surface area contributed by atoms with Gasteiger partial charge in [-0.05, 0) is 49.5 Å². The zero-order valence-electron chi connectivity index (χ0n) is 21.3. The summed E-state index contributed by atoms with van der Waals surface area (Å²) in [6, 6.07) is 5.13. The Balaban J connectivity index is 1.63. The fourth-order valence-corrected chi connectivity index (χ4v) is 6.23. The molecule has 3 heterocycles. The van der Waals surface area contributed by atoms with Crippen LogP contribution in [0.2, 0.25) is 0 Å². The summed E-state index contributed by atoms with van der Waals surface area (Å²) < 4.78 is 50.3. The van der Waals surface area contributed by atoms with E-state index in [1.807, 2.05) is 32.9 Å². The van der Waals surface area contributed by atoms with Crippen molar-refractivity contribution in [1.82, 2.24) is 9.80 Å². The fourth-order valence-electron chi connectivity index (χ4n) is 5.03. The Morgan fingerprint density at radius 1 is 1.17 bits per heavy atom. The Kier molecular flexibility index (Phi) is 8.22. The number of likely N-dealkylation sites (tertiary alicyclic amines) is 1. The van der Waals surface area contributed by atoms with Crippen molar-refractivity contribution >= 4 is 21.8 Å². The van der Waals surface area contributed by atoms with Crippen molar-refractivity contribution in [3.63, 3.8) is 0 Å². The van der Waals surface area contributed by atoms with Gasteiger partial charge >= 0.3 is 6.03 Å². The summed E-state index contributed by atoms with van der Waals surface area (Å²) in [4.78, 5) is 21.6. The smallest absolute Gasteiger partial charge is 0.320 e. The van der Waals surface area contributed by atoms with Crippen LogP contribution in [0.25, 0.3) is 0 Å². The van der Waals surface area contributed by atoms with E-state index in [4.69, 9.17) is 14.5 Å². The predicted molar refractivity (Wildman–Crippen MR) is 136 cm³/mol. The SMILES string of the molecule is CCOC1=C(C)CCOC(C2CC(c3ccc(CC)c(F)c3)CN(C(=O)N3CCS(=O)(=O)CC3)C2)=N1. The fraction of sp³-hybridized carbons (Fsp3) is 0.615. The number of benzene rings is 1. The van der Waals surface area contributed by atoms with Crippen LogP contribution in [0.5, 0.6) is 0 Å². The summed E-state index contributed by atoms with van der Waals surface area (Å²) in [6.07, 6.45) is 1.96. The molecule has 0 radical (unpaired) electrons. The van der Waals surface area contributed by atoms with Gasteiger partial charge in [-0.15, -0.1) is 0 Å². The van der Waals surface area contributed by atoms with Gasteiger partial charge in [-0.3, -0.25) is 0 Å². The van der Waals surface area contributed by atoms with E-state index in [2.05, 4.69) is 0 Å². The molecule has 0 N–H and O–H groups in total. The normalized spacial score (nSPS) is 24.6. The number of carbonyl (C=O) groups excluding carboxylic acids is 1. The highest BCUT2D eigenvalue weighted by molar-refractivity contribution is 7.91. The van der Waals surface area contributed by atoms with Crippen LogP contribution in [0, 0.1) is 11.7 Å². The third-order valence-electron chi connectivity index (χ3n) is 7.20. The molecule has 198 valence electrons. The largest absolute Gasteiger partial charge is 0.480 e. The third-order valence-corrected chi connectivity index (χ3v) is 8.81. The summed E-state index contributed by atoms with van der Waals surface area (Å²) in [5.41, 5.74) is 2.50. The number of aryl methyl sites for hydroxylation is 1. The first-order valence-corrected chi connectivity index (χ1v) is 14.6. The maximum atomic E-state index is 14.7. The molecular weight excluding hydrogens is 485 g/mol. The lowest BCUT2D eigenvalue weighted by Crippen LogP contribution is -2.54. The molecule has 36 heavy (non-hydrogen) atoms. The second-order valence-electron chi connectivity index (χ2n) is 9.73. The van der Waals surface area contributed by atoms with Gasteiger partial charge in [0.25, 0.3) is 0 Å². The van der Waals surface area contributed by atoms with Crippen molar-refractivity contribution in [2.24, 2.45) is 10.9 Å². The van der Waals surface area contributed by atoms with Crippen LogP contribution in [-0.2, 0) is 25.7 Å². The number of carbonyl (C=O) groups is 1. The Labute approximate surface area is 213 Å². The molecule has 0 saturated carbocycles. The highest BCUT2D eigenvalue weighted by Gasteiger charge is 2.38. The standard InChI is InChI=1S/C26H36FN3O5S/c1-4-19-6-7-20(15-23(19)27)21-14-22(25-28-24(34-5-2)18(3)8-11-35-25)17-30(16-21)26(31)29-9-12-36(32,33)13-10-29/h6-7,15,21-22H,4-5,8-14,16-17H2,1-3H3. The van der Waals surface area contributed by atoms with Crippen LogP contribution in [0.15, 0.2) is 34.6 Å². The molecule has 0 bridgehead atoms. The van der Waals surface area contributed by atoms with Crippen molar-refractivity contribution in [1.29, 1.82) is 0 Å². The first-order chi connectivity index (χ1) is 17.2. The van der Waals surface area contributed by atoms with E-state index in [0.29, 0.717) is 62.9 Å². The molecule has 3 aliphatic heterocycles.